The molecule has 1 atom stereocenters. The molecular formula is C21H30N2O6. The van der Waals surface area contributed by atoms with Gasteiger partial charge in [0, 0.05) is 32.0 Å². The van der Waals surface area contributed by atoms with Gasteiger partial charge in [-0.15, -0.1) is 0 Å². The van der Waals surface area contributed by atoms with Gasteiger partial charge in [0.2, 0.25) is 11.8 Å². The van der Waals surface area contributed by atoms with Crippen LogP contribution in [0.4, 0.5) is 0 Å². The SMILES string of the molecule is COC(=O)CCCC(=O)N(CC(=O)N(Cc1ccco1)C[C@@H]1CCCO1)C1CC1. The molecule has 1 aromatic heterocycles. The number of carbonyl (C=O) groups is 3. The van der Waals surface area contributed by atoms with Crippen LogP contribution in [0.3, 0.4) is 0 Å². The maximum atomic E-state index is 13.1. The summed E-state index contributed by atoms with van der Waals surface area (Å²) in [6.45, 7) is 1.63. The molecule has 0 radical (unpaired) electrons. The lowest BCUT2D eigenvalue weighted by molar-refractivity contribution is -0.143. The summed E-state index contributed by atoms with van der Waals surface area (Å²) in [5.41, 5.74) is 0. The van der Waals surface area contributed by atoms with Gasteiger partial charge in [-0.3, -0.25) is 14.4 Å². The van der Waals surface area contributed by atoms with Crippen molar-refractivity contribution in [2.24, 2.45) is 0 Å². The Morgan fingerprint density at radius 1 is 1.17 bits per heavy atom. The molecule has 8 heteroatoms. The molecular weight excluding hydrogens is 376 g/mol. The van der Waals surface area contributed by atoms with Gasteiger partial charge in [-0.1, -0.05) is 0 Å². The van der Waals surface area contributed by atoms with Gasteiger partial charge in [-0.2, -0.15) is 0 Å². The van der Waals surface area contributed by atoms with Gasteiger partial charge in [0.25, 0.3) is 0 Å². The van der Waals surface area contributed by atoms with E-state index in [1.165, 1.54) is 7.11 Å². The highest BCUT2D eigenvalue weighted by Crippen LogP contribution is 2.28. The Morgan fingerprint density at radius 2 is 2.00 bits per heavy atom. The molecule has 0 bridgehead atoms. The first kappa shape index (κ1) is 21.4. The first-order chi connectivity index (χ1) is 14.1. The van der Waals surface area contributed by atoms with Crippen molar-refractivity contribution in [2.75, 3.05) is 26.8 Å². The Hall–Kier alpha value is -2.35. The van der Waals surface area contributed by atoms with E-state index in [4.69, 9.17) is 9.15 Å². The second-order valence-electron chi connectivity index (χ2n) is 7.67. The molecule has 3 rings (SSSR count). The van der Waals surface area contributed by atoms with Crippen LogP contribution in [0.2, 0.25) is 0 Å². The first-order valence-corrected chi connectivity index (χ1v) is 10.3. The van der Waals surface area contributed by atoms with Crippen LogP contribution < -0.4 is 0 Å². The number of esters is 1. The standard InChI is InChI=1S/C21H30N2O6/c1-27-21(26)8-2-7-19(24)23(16-9-10-16)15-20(25)22(13-17-5-3-11-28-17)14-18-6-4-12-29-18/h3,5,11,16,18H,2,4,6-10,12-15H2,1H3/t18-/m0/s1. The summed E-state index contributed by atoms with van der Waals surface area (Å²) in [6.07, 6.45) is 6.25. The van der Waals surface area contributed by atoms with Crippen LogP contribution in [0, 0.1) is 0 Å². The summed E-state index contributed by atoms with van der Waals surface area (Å²) in [5.74, 6) is 0.191. The smallest absolute Gasteiger partial charge is 0.305 e. The minimum atomic E-state index is -0.326. The zero-order valence-corrected chi connectivity index (χ0v) is 17.0. The van der Waals surface area contributed by atoms with Crippen molar-refractivity contribution < 1.29 is 28.3 Å². The van der Waals surface area contributed by atoms with Gasteiger partial charge in [0.1, 0.15) is 12.3 Å². The summed E-state index contributed by atoms with van der Waals surface area (Å²) in [7, 11) is 1.33. The van der Waals surface area contributed by atoms with Crippen LogP contribution in [-0.2, 0) is 30.4 Å². The summed E-state index contributed by atoms with van der Waals surface area (Å²) in [4.78, 5) is 40.4. The zero-order chi connectivity index (χ0) is 20.6. The highest BCUT2D eigenvalue weighted by molar-refractivity contribution is 5.85. The normalized spacial score (nSPS) is 18.4. The number of amides is 2. The second-order valence-corrected chi connectivity index (χ2v) is 7.67. The molecule has 1 aromatic rings. The Morgan fingerprint density at radius 3 is 2.62 bits per heavy atom. The van der Waals surface area contributed by atoms with Gasteiger partial charge >= 0.3 is 5.97 Å². The fourth-order valence-corrected chi connectivity index (χ4v) is 3.56. The van der Waals surface area contributed by atoms with Crippen molar-refractivity contribution in [2.45, 2.75) is 63.6 Å². The molecule has 2 amide bonds. The highest BCUT2D eigenvalue weighted by atomic mass is 16.5. The molecule has 0 N–H and O–H groups in total. The second kappa shape index (κ2) is 10.4. The monoisotopic (exact) mass is 406 g/mol. The number of methoxy groups -OCH3 is 1. The molecule has 0 spiro atoms. The van der Waals surface area contributed by atoms with Crippen molar-refractivity contribution >= 4 is 17.8 Å². The molecule has 0 aromatic carbocycles. The van der Waals surface area contributed by atoms with Crippen LogP contribution in [0.25, 0.3) is 0 Å². The van der Waals surface area contributed by atoms with E-state index in [-0.39, 0.29) is 49.3 Å². The Kier molecular flexibility index (Phi) is 7.69. The van der Waals surface area contributed by atoms with E-state index >= 15 is 0 Å². The van der Waals surface area contributed by atoms with Gasteiger partial charge in [0.05, 0.1) is 26.0 Å². The van der Waals surface area contributed by atoms with Crippen LogP contribution in [0.5, 0.6) is 0 Å². The van der Waals surface area contributed by atoms with Gasteiger partial charge in [0.15, 0.2) is 0 Å². The lowest BCUT2D eigenvalue weighted by Gasteiger charge is -2.29. The molecule has 1 aliphatic carbocycles. The van der Waals surface area contributed by atoms with Crippen molar-refractivity contribution in [3.8, 4) is 0 Å². The van der Waals surface area contributed by atoms with Crippen LogP contribution in [0.15, 0.2) is 22.8 Å². The molecule has 2 fully saturated rings. The third-order valence-electron chi connectivity index (χ3n) is 5.34. The molecule has 160 valence electrons. The molecule has 2 heterocycles. The predicted molar refractivity (Wildman–Crippen MR) is 104 cm³/mol. The summed E-state index contributed by atoms with van der Waals surface area (Å²) >= 11 is 0. The molecule has 29 heavy (non-hydrogen) atoms. The minimum Gasteiger partial charge on any atom is -0.469 e. The van der Waals surface area contributed by atoms with Gasteiger partial charge in [-0.25, -0.2) is 0 Å². The summed E-state index contributed by atoms with van der Waals surface area (Å²) in [6, 6.07) is 3.76. The number of carbonyl (C=O) groups excluding carboxylic acids is 3. The van der Waals surface area contributed by atoms with E-state index < -0.39 is 0 Å². The highest BCUT2D eigenvalue weighted by Gasteiger charge is 2.35. The minimum absolute atomic E-state index is 0.0269. The maximum absolute atomic E-state index is 13.1. The van der Waals surface area contributed by atoms with E-state index in [1.807, 2.05) is 6.07 Å². The molecule has 8 nitrogen and oxygen atoms in total. The zero-order valence-electron chi connectivity index (χ0n) is 17.0. The third kappa shape index (κ3) is 6.59. The van der Waals surface area contributed by atoms with E-state index in [0.717, 1.165) is 32.3 Å². The largest absolute Gasteiger partial charge is 0.469 e. The molecule has 1 saturated heterocycles. The van der Waals surface area contributed by atoms with Crippen molar-refractivity contribution in [3.63, 3.8) is 0 Å². The van der Waals surface area contributed by atoms with Crippen LogP contribution in [-0.4, -0.2) is 66.5 Å². The molecule has 0 unspecified atom stereocenters. The van der Waals surface area contributed by atoms with Gasteiger partial charge in [-0.05, 0) is 44.2 Å². The quantitative estimate of drug-likeness (QED) is 0.523. The number of ether oxygens (including phenoxy) is 2. The number of furan rings is 1. The average Bonchev–Trinajstić information content (AvgIpc) is 3.17. The third-order valence-corrected chi connectivity index (χ3v) is 5.34. The fraction of sp³-hybridized carbons (Fsp3) is 0.667. The topological polar surface area (TPSA) is 89.3 Å². The van der Waals surface area contributed by atoms with E-state index in [0.29, 0.717) is 25.3 Å². The lowest BCUT2D eigenvalue weighted by atomic mass is 10.2. The van der Waals surface area contributed by atoms with Crippen molar-refractivity contribution in [1.82, 2.24) is 9.80 Å². The number of hydrogen-bond donors (Lipinski definition) is 0. The fourth-order valence-electron chi connectivity index (χ4n) is 3.56. The number of hydrogen-bond acceptors (Lipinski definition) is 6. The van der Waals surface area contributed by atoms with Crippen molar-refractivity contribution in [1.29, 1.82) is 0 Å². The van der Waals surface area contributed by atoms with Gasteiger partial charge < -0.3 is 23.7 Å². The van der Waals surface area contributed by atoms with Crippen LogP contribution in [0.1, 0.15) is 50.7 Å². The van der Waals surface area contributed by atoms with Crippen LogP contribution >= 0.6 is 0 Å². The number of rotatable bonds is 11. The van der Waals surface area contributed by atoms with E-state index in [9.17, 15) is 14.4 Å². The first-order valence-electron chi connectivity index (χ1n) is 10.3. The summed E-state index contributed by atoms with van der Waals surface area (Å²) < 4.78 is 15.7. The van der Waals surface area contributed by atoms with Crippen molar-refractivity contribution in [3.05, 3.63) is 24.2 Å². The average molecular weight is 406 g/mol. The Labute approximate surface area is 171 Å². The lowest BCUT2D eigenvalue weighted by Crippen LogP contribution is -2.45. The predicted octanol–water partition coefficient (Wildman–Crippen LogP) is 2.12. The Balaban J connectivity index is 1.58. The molecule has 1 aliphatic heterocycles. The summed E-state index contributed by atoms with van der Waals surface area (Å²) in [5, 5.41) is 0. The molecule has 2 aliphatic rings. The van der Waals surface area contributed by atoms with E-state index in [1.54, 1.807) is 22.1 Å². The molecule has 1 saturated carbocycles. The Bertz CT molecular complexity index is 679. The number of nitrogens with zero attached hydrogens (tertiary/aromatic N) is 2. The maximum Gasteiger partial charge on any atom is 0.305 e. The van der Waals surface area contributed by atoms with E-state index in [2.05, 4.69) is 4.74 Å².